The van der Waals surface area contributed by atoms with E-state index < -0.39 is 29.5 Å². The fourth-order valence-electron chi connectivity index (χ4n) is 1.73. The van der Waals surface area contributed by atoms with Crippen molar-refractivity contribution in [2.45, 2.75) is 38.4 Å². The molecule has 2 atom stereocenters. The highest BCUT2D eigenvalue weighted by atomic mass is 19.4. The highest BCUT2D eigenvalue weighted by molar-refractivity contribution is 5.41. The van der Waals surface area contributed by atoms with Crippen LogP contribution in [0.25, 0.3) is 0 Å². The molecule has 0 amide bonds. The van der Waals surface area contributed by atoms with Gasteiger partial charge in [-0.15, -0.1) is 0 Å². The number of nitrogen functional groups attached to an aromatic ring is 1. The molecule has 0 fully saturated rings. The van der Waals surface area contributed by atoms with Crippen molar-refractivity contribution in [1.29, 1.82) is 0 Å². The molecule has 0 heterocycles. The van der Waals surface area contributed by atoms with E-state index in [2.05, 4.69) is 9.47 Å². The van der Waals surface area contributed by atoms with Crippen molar-refractivity contribution in [3.63, 3.8) is 0 Å². The number of halogens is 6. The zero-order valence-corrected chi connectivity index (χ0v) is 15.7. The summed E-state index contributed by atoms with van der Waals surface area (Å²) in [6.45, 7) is 1.82. The standard InChI is InChI=1S/C9H8F3NO3.C9H10F3NO/c1-6(9(10,11)12)16-8-4-2-7(3-5-8)13(14)15;1-6(9(10,11)12)14-8-4-2-7(13)3-5-8/h2-6H,1H3;2-6H,13H2,1H3. The SMILES string of the molecule is CC(Oc1ccc(N)cc1)C(F)(F)F.CC(Oc1ccc([N+](=O)[O-])cc1)C(F)(F)F. The molecule has 0 bridgehead atoms. The highest BCUT2D eigenvalue weighted by Crippen LogP contribution is 2.26. The van der Waals surface area contributed by atoms with Crippen LogP contribution in [-0.2, 0) is 0 Å². The molecule has 2 rings (SSSR count). The molecule has 2 N–H and O–H groups in total. The van der Waals surface area contributed by atoms with Crippen LogP contribution in [-0.4, -0.2) is 29.5 Å². The van der Waals surface area contributed by atoms with Gasteiger partial charge in [-0.2, -0.15) is 26.3 Å². The molecule has 30 heavy (non-hydrogen) atoms. The van der Waals surface area contributed by atoms with Crippen LogP contribution in [0.15, 0.2) is 48.5 Å². The second-order valence-electron chi connectivity index (χ2n) is 5.92. The number of nitro benzene ring substituents is 1. The maximum atomic E-state index is 12.1. The third-order valence-corrected chi connectivity index (χ3v) is 3.48. The first kappa shape index (κ1) is 24.9. The number of ether oxygens (including phenoxy) is 2. The fourth-order valence-corrected chi connectivity index (χ4v) is 1.73. The van der Waals surface area contributed by atoms with Crippen LogP contribution in [0.3, 0.4) is 0 Å². The van der Waals surface area contributed by atoms with E-state index in [1.165, 1.54) is 24.3 Å². The lowest BCUT2D eigenvalue weighted by atomic mass is 10.3. The number of nitrogens with two attached hydrogens (primary N) is 1. The molecule has 0 saturated carbocycles. The predicted octanol–water partition coefficient (Wildman–Crippen LogP) is 5.52. The normalized spacial score (nSPS) is 13.5. The van der Waals surface area contributed by atoms with Crippen molar-refractivity contribution in [2.24, 2.45) is 0 Å². The van der Waals surface area contributed by atoms with E-state index >= 15 is 0 Å². The van der Waals surface area contributed by atoms with Gasteiger partial charge >= 0.3 is 12.4 Å². The van der Waals surface area contributed by atoms with E-state index in [0.29, 0.717) is 5.69 Å². The summed E-state index contributed by atoms with van der Waals surface area (Å²) in [7, 11) is 0. The Morgan fingerprint density at radius 1 is 0.800 bits per heavy atom. The second-order valence-corrected chi connectivity index (χ2v) is 5.92. The summed E-state index contributed by atoms with van der Waals surface area (Å²) < 4.78 is 81.7. The topological polar surface area (TPSA) is 87.6 Å². The van der Waals surface area contributed by atoms with E-state index in [1.807, 2.05) is 0 Å². The maximum Gasteiger partial charge on any atom is 0.425 e. The molecule has 0 radical (unpaired) electrons. The smallest absolute Gasteiger partial charge is 0.425 e. The van der Waals surface area contributed by atoms with E-state index in [9.17, 15) is 36.5 Å². The average molecular weight is 440 g/mol. The van der Waals surface area contributed by atoms with Crippen molar-refractivity contribution in [2.75, 3.05) is 5.73 Å². The molecule has 6 nitrogen and oxygen atoms in total. The van der Waals surface area contributed by atoms with Crippen LogP contribution in [0.4, 0.5) is 37.7 Å². The molecule has 0 aliphatic carbocycles. The Kier molecular flexibility index (Phi) is 8.31. The minimum atomic E-state index is -4.46. The summed E-state index contributed by atoms with van der Waals surface area (Å²) in [5.74, 6) is 0.0967. The molecular formula is C18H18F6N2O4. The van der Waals surface area contributed by atoms with Crippen LogP contribution in [0.5, 0.6) is 11.5 Å². The lowest BCUT2D eigenvalue weighted by Crippen LogP contribution is -2.31. The summed E-state index contributed by atoms with van der Waals surface area (Å²) in [6, 6.07) is 10.2. The Morgan fingerprint density at radius 3 is 1.43 bits per heavy atom. The van der Waals surface area contributed by atoms with Gasteiger partial charge in [0.25, 0.3) is 5.69 Å². The summed E-state index contributed by atoms with van der Waals surface area (Å²) in [5.41, 5.74) is 5.65. The maximum absolute atomic E-state index is 12.1. The molecule has 0 aromatic heterocycles. The van der Waals surface area contributed by atoms with Crippen molar-refractivity contribution in [1.82, 2.24) is 0 Å². The third kappa shape index (κ3) is 8.45. The van der Waals surface area contributed by atoms with Gasteiger partial charge in [-0.3, -0.25) is 10.1 Å². The predicted molar refractivity (Wildman–Crippen MR) is 96.2 cm³/mol. The number of hydrogen-bond acceptors (Lipinski definition) is 5. The van der Waals surface area contributed by atoms with Crippen molar-refractivity contribution >= 4 is 11.4 Å². The van der Waals surface area contributed by atoms with Gasteiger partial charge in [0.05, 0.1) is 4.92 Å². The first-order chi connectivity index (χ1) is 13.7. The van der Waals surface area contributed by atoms with Crippen LogP contribution in [0, 0.1) is 10.1 Å². The van der Waals surface area contributed by atoms with E-state index in [1.54, 1.807) is 0 Å². The summed E-state index contributed by atoms with van der Waals surface area (Å²) in [6.07, 6.45) is -12.6. The molecule has 0 aliphatic heterocycles. The summed E-state index contributed by atoms with van der Waals surface area (Å²) in [4.78, 5) is 9.64. The minimum Gasteiger partial charge on any atom is -0.481 e. The molecule has 166 valence electrons. The molecule has 0 aliphatic rings. The van der Waals surface area contributed by atoms with Gasteiger partial charge in [0, 0.05) is 17.8 Å². The lowest BCUT2D eigenvalue weighted by molar-refractivity contribution is -0.384. The molecule has 2 aromatic carbocycles. The van der Waals surface area contributed by atoms with Crippen LogP contribution in [0.2, 0.25) is 0 Å². The Morgan fingerprint density at radius 2 is 1.13 bits per heavy atom. The number of alkyl halides is 6. The first-order valence-electron chi connectivity index (χ1n) is 8.27. The first-order valence-corrected chi connectivity index (χ1v) is 8.27. The number of rotatable bonds is 5. The lowest BCUT2D eigenvalue weighted by Gasteiger charge is -2.17. The molecular weight excluding hydrogens is 422 g/mol. The summed E-state index contributed by atoms with van der Waals surface area (Å²) in [5, 5.41) is 10.3. The Balaban J connectivity index is 0.000000303. The molecule has 0 saturated heterocycles. The van der Waals surface area contributed by atoms with Gasteiger partial charge in [0.1, 0.15) is 11.5 Å². The van der Waals surface area contributed by atoms with Crippen LogP contribution < -0.4 is 15.2 Å². The number of non-ortho nitro benzene ring substituents is 1. The zero-order valence-electron chi connectivity index (χ0n) is 15.7. The van der Waals surface area contributed by atoms with E-state index in [4.69, 9.17) is 5.73 Å². The number of nitro groups is 1. The number of hydrogen-bond donors (Lipinski definition) is 1. The quantitative estimate of drug-likeness (QED) is 0.286. The third-order valence-electron chi connectivity index (χ3n) is 3.48. The van der Waals surface area contributed by atoms with E-state index in [0.717, 1.165) is 38.1 Å². The molecule has 12 heteroatoms. The number of anilines is 1. The van der Waals surface area contributed by atoms with Gasteiger partial charge < -0.3 is 15.2 Å². The highest BCUT2D eigenvalue weighted by Gasteiger charge is 2.38. The van der Waals surface area contributed by atoms with Crippen molar-refractivity contribution in [3.05, 3.63) is 58.6 Å². The van der Waals surface area contributed by atoms with Crippen molar-refractivity contribution < 1.29 is 40.7 Å². The largest absolute Gasteiger partial charge is 0.481 e. The van der Waals surface area contributed by atoms with Gasteiger partial charge in [-0.25, -0.2) is 0 Å². The molecule has 2 unspecified atom stereocenters. The Hall–Kier alpha value is -3.18. The van der Waals surface area contributed by atoms with Crippen molar-refractivity contribution in [3.8, 4) is 11.5 Å². The Bertz CT molecular complexity index is 807. The van der Waals surface area contributed by atoms with Crippen LogP contribution in [0.1, 0.15) is 13.8 Å². The van der Waals surface area contributed by atoms with Gasteiger partial charge in [-0.05, 0) is 50.2 Å². The van der Waals surface area contributed by atoms with Crippen LogP contribution >= 0.6 is 0 Å². The number of benzene rings is 2. The minimum absolute atomic E-state index is 0.0598. The number of nitrogens with zero attached hydrogens (tertiary/aromatic N) is 1. The van der Waals surface area contributed by atoms with Gasteiger partial charge in [0.2, 0.25) is 0 Å². The molecule has 0 spiro atoms. The molecule has 2 aromatic rings. The average Bonchev–Trinajstić information content (AvgIpc) is 2.63. The monoisotopic (exact) mass is 440 g/mol. The fraction of sp³-hybridized carbons (Fsp3) is 0.333. The van der Waals surface area contributed by atoms with Gasteiger partial charge in [-0.1, -0.05) is 0 Å². The second kappa shape index (κ2) is 10.0. The van der Waals surface area contributed by atoms with Gasteiger partial charge in [0.15, 0.2) is 12.2 Å². The summed E-state index contributed by atoms with van der Waals surface area (Å²) >= 11 is 0. The Labute approximate surface area is 167 Å². The zero-order chi connectivity index (χ0) is 23.1. The van der Waals surface area contributed by atoms with E-state index in [-0.39, 0.29) is 17.2 Å².